The predicted molar refractivity (Wildman–Crippen MR) is 99.6 cm³/mol. The molecule has 0 fully saturated rings. The number of rotatable bonds is 6. The SMILES string of the molecule is CN=C(NCCc1ccc(C(F)(F)F)cc1)NCc1csc(C(C)C)n1. The molecule has 2 rings (SSSR count). The Morgan fingerprint density at radius 3 is 2.42 bits per heavy atom. The average molecular weight is 384 g/mol. The van der Waals surface area contributed by atoms with Gasteiger partial charge in [0, 0.05) is 24.9 Å². The van der Waals surface area contributed by atoms with E-state index in [1.165, 1.54) is 12.1 Å². The monoisotopic (exact) mass is 384 g/mol. The van der Waals surface area contributed by atoms with Gasteiger partial charge in [-0.3, -0.25) is 4.99 Å². The number of halogens is 3. The van der Waals surface area contributed by atoms with E-state index in [1.807, 2.05) is 5.38 Å². The van der Waals surface area contributed by atoms with Crippen molar-refractivity contribution in [3.05, 3.63) is 51.5 Å². The molecule has 0 saturated carbocycles. The topological polar surface area (TPSA) is 49.3 Å². The summed E-state index contributed by atoms with van der Waals surface area (Å²) in [7, 11) is 1.67. The van der Waals surface area contributed by atoms with Crippen molar-refractivity contribution in [2.45, 2.75) is 38.9 Å². The fourth-order valence-electron chi connectivity index (χ4n) is 2.25. The van der Waals surface area contributed by atoms with Crippen LogP contribution in [0.3, 0.4) is 0 Å². The van der Waals surface area contributed by atoms with Gasteiger partial charge in [0.05, 0.1) is 22.8 Å². The van der Waals surface area contributed by atoms with Crippen LogP contribution >= 0.6 is 11.3 Å². The summed E-state index contributed by atoms with van der Waals surface area (Å²) in [5.74, 6) is 1.05. The lowest BCUT2D eigenvalue weighted by atomic mass is 10.1. The summed E-state index contributed by atoms with van der Waals surface area (Å²) >= 11 is 1.64. The molecule has 0 atom stereocenters. The molecule has 8 heteroatoms. The molecule has 26 heavy (non-hydrogen) atoms. The van der Waals surface area contributed by atoms with Crippen molar-refractivity contribution in [1.29, 1.82) is 0 Å². The van der Waals surface area contributed by atoms with E-state index in [1.54, 1.807) is 18.4 Å². The number of nitrogens with zero attached hydrogens (tertiary/aromatic N) is 2. The first-order chi connectivity index (χ1) is 12.3. The van der Waals surface area contributed by atoms with Gasteiger partial charge in [-0.25, -0.2) is 4.98 Å². The minimum atomic E-state index is -4.30. The minimum absolute atomic E-state index is 0.412. The maximum Gasteiger partial charge on any atom is 0.416 e. The normalized spacial score (nSPS) is 12.5. The van der Waals surface area contributed by atoms with Crippen LogP contribution in [0.4, 0.5) is 13.2 Å². The Morgan fingerprint density at radius 2 is 1.88 bits per heavy atom. The first-order valence-electron chi connectivity index (χ1n) is 8.34. The molecule has 0 aliphatic heterocycles. The Labute approximate surface area is 155 Å². The Morgan fingerprint density at radius 1 is 1.19 bits per heavy atom. The van der Waals surface area contributed by atoms with Crippen LogP contribution in [0.1, 0.15) is 41.6 Å². The van der Waals surface area contributed by atoms with Gasteiger partial charge in [0.15, 0.2) is 5.96 Å². The quantitative estimate of drug-likeness (QED) is 0.580. The van der Waals surface area contributed by atoms with Crippen LogP contribution < -0.4 is 10.6 Å². The van der Waals surface area contributed by atoms with Gasteiger partial charge in [0.1, 0.15) is 0 Å². The van der Waals surface area contributed by atoms with Gasteiger partial charge >= 0.3 is 6.18 Å². The molecule has 1 aromatic carbocycles. The number of nitrogens with one attached hydrogen (secondary N) is 2. The maximum absolute atomic E-state index is 12.6. The lowest BCUT2D eigenvalue weighted by Crippen LogP contribution is -2.37. The van der Waals surface area contributed by atoms with Crippen LogP contribution in [0.25, 0.3) is 0 Å². The first kappa shape index (κ1) is 20.2. The molecular formula is C18H23F3N4S. The molecule has 0 spiro atoms. The largest absolute Gasteiger partial charge is 0.416 e. The number of hydrogen-bond donors (Lipinski definition) is 2. The fourth-order valence-corrected chi connectivity index (χ4v) is 3.08. The molecule has 0 amide bonds. The van der Waals surface area contributed by atoms with Crippen molar-refractivity contribution >= 4 is 17.3 Å². The third kappa shape index (κ3) is 6.01. The van der Waals surface area contributed by atoms with E-state index in [-0.39, 0.29) is 0 Å². The Balaban J connectivity index is 1.78. The Bertz CT molecular complexity index is 721. The van der Waals surface area contributed by atoms with Crippen molar-refractivity contribution in [2.24, 2.45) is 4.99 Å². The van der Waals surface area contributed by atoms with E-state index in [4.69, 9.17) is 0 Å². The Kier molecular flexibility index (Phi) is 7.02. The van der Waals surface area contributed by atoms with Crippen LogP contribution in [0.15, 0.2) is 34.6 Å². The number of benzene rings is 1. The van der Waals surface area contributed by atoms with E-state index in [2.05, 4.69) is 34.5 Å². The average Bonchev–Trinajstić information content (AvgIpc) is 3.07. The van der Waals surface area contributed by atoms with Crippen LogP contribution in [-0.4, -0.2) is 24.5 Å². The number of thiazole rings is 1. The van der Waals surface area contributed by atoms with Gasteiger partial charge in [-0.2, -0.15) is 13.2 Å². The summed E-state index contributed by atoms with van der Waals surface area (Å²) in [6, 6.07) is 5.22. The molecule has 1 heterocycles. The summed E-state index contributed by atoms with van der Waals surface area (Å²) < 4.78 is 37.7. The van der Waals surface area contributed by atoms with E-state index >= 15 is 0 Å². The lowest BCUT2D eigenvalue weighted by molar-refractivity contribution is -0.137. The van der Waals surface area contributed by atoms with Crippen LogP contribution in [0.5, 0.6) is 0 Å². The van der Waals surface area contributed by atoms with Crippen LogP contribution in [-0.2, 0) is 19.1 Å². The number of hydrogen-bond acceptors (Lipinski definition) is 3. The molecule has 142 valence electrons. The number of alkyl halides is 3. The standard InChI is InChI=1S/C18H23F3N4S/c1-12(2)16-25-15(11-26-16)10-24-17(22-3)23-9-8-13-4-6-14(7-5-13)18(19,20)21/h4-7,11-12H,8-10H2,1-3H3,(H2,22,23,24). The van der Waals surface area contributed by atoms with Crippen molar-refractivity contribution < 1.29 is 13.2 Å². The molecule has 0 bridgehead atoms. The lowest BCUT2D eigenvalue weighted by Gasteiger charge is -2.11. The van der Waals surface area contributed by atoms with Crippen LogP contribution in [0.2, 0.25) is 0 Å². The maximum atomic E-state index is 12.6. The first-order valence-corrected chi connectivity index (χ1v) is 9.22. The second kappa shape index (κ2) is 9.02. The van der Waals surface area contributed by atoms with Crippen molar-refractivity contribution in [3.63, 3.8) is 0 Å². The molecule has 0 aliphatic rings. The summed E-state index contributed by atoms with van der Waals surface area (Å²) in [4.78, 5) is 8.70. The van der Waals surface area contributed by atoms with Crippen LogP contribution in [0, 0.1) is 0 Å². The van der Waals surface area contributed by atoms with E-state index in [0.717, 1.165) is 28.4 Å². The summed E-state index contributed by atoms with van der Waals surface area (Å²) in [6.07, 6.45) is -3.69. The summed E-state index contributed by atoms with van der Waals surface area (Å²) in [6.45, 7) is 5.36. The highest BCUT2D eigenvalue weighted by Gasteiger charge is 2.29. The van der Waals surface area contributed by atoms with Gasteiger partial charge in [0.2, 0.25) is 0 Å². The number of aromatic nitrogens is 1. The molecule has 1 aromatic heterocycles. The summed E-state index contributed by atoms with van der Waals surface area (Å²) in [5.41, 5.74) is 1.17. The third-order valence-corrected chi connectivity index (χ3v) is 4.91. The fraction of sp³-hybridized carbons (Fsp3) is 0.444. The Hall–Kier alpha value is -2.09. The van der Waals surface area contributed by atoms with Crippen molar-refractivity contribution in [1.82, 2.24) is 15.6 Å². The molecular weight excluding hydrogens is 361 g/mol. The zero-order valence-electron chi connectivity index (χ0n) is 15.0. The molecule has 0 unspecified atom stereocenters. The molecule has 2 aromatic rings. The number of aliphatic imine (C=N–C) groups is 1. The summed E-state index contributed by atoms with van der Waals surface area (Å²) in [5, 5.41) is 9.47. The van der Waals surface area contributed by atoms with Crippen molar-refractivity contribution in [2.75, 3.05) is 13.6 Å². The molecule has 0 aliphatic carbocycles. The van der Waals surface area contributed by atoms with E-state index < -0.39 is 11.7 Å². The second-order valence-electron chi connectivity index (χ2n) is 6.13. The smallest absolute Gasteiger partial charge is 0.356 e. The van der Waals surface area contributed by atoms with Gasteiger partial charge in [-0.05, 0) is 24.1 Å². The highest BCUT2D eigenvalue weighted by Crippen LogP contribution is 2.29. The molecule has 2 N–H and O–H groups in total. The molecule has 4 nitrogen and oxygen atoms in total. The zero-order valence-corrected chi connectivity index (χ0v) is 15.8. The second-order valence-corrected chi connectivity index (χ2v) is 7.02. The van der Waals surface area contributed by atoms with Gasteiger partial charge in [0.25, 0.3) is 0 Å². The molecule has 0 radical (unpaired) electrons. The van der Waals surface area contributed by atoms with Gasteiger partial charge < -0.3 is 10.6 Å². The van der Waals surface area contributed by atoms with Gasteiger partial charge in [-0.15, -0.1) is 11.3 Å². The van der Waals surface area contributed by atoms with E-state index in [9.17, 15) is 13.2 Å². The van der Waals surface area contributed by atoms with E-state index in [0.29, 0.717) is 31.4 Å². The highest BCUT2D eigenvalue weighted by molar-refractivity contribution is 7.09. The van der Waals surface area contributed by atoms with Gasteiger partial charge in [-0.1, -0.05) is 26.0 Å². The zero-order chi connectivity index (χ0) is 19.2. The predicted octanol–water partition coefficient (Wildman–Crippen LogP) is 4.19. The number of guanidine groups is 1. The van der Waals surface area contributed by atoms with Crippen molar-refractivity contribution in [3.8, 4) is 0 Å². The highest BCUT2D eigenvalue weighted by atomic mass is 32.1. The third-order valence-electron chi connectivity index (χ3n) is 3.71. The molecule has 0 saturated heterocycles. The minimum Gasteiger partial charge on any atom is -0.356 e.